The predicted molar refractivity (Wildman–Crippen MR) is 152 cm³/mol. The second-order valence-electron chi connectivity index (χ2n) is 10.8. The van der Waals surface area contributed by atoms with Crippen molar-refractivity contribution in [1.29, 1.82) is 0 Å². The SMILES string of the molecule is O=C(CN1CCCN(C2CCN(C(=O)[C@H](O)CS(=O)(=O)c3ccc4cc(Cl)ccc4c3)CC2)C1=O)N1CCOCC1. The Morgan fingerprint density at radius 1 is 0.951 bits per heavy atom. The van der Waals surface area contributed by atoms with E-state index in [1.54, 1.807) is 39.0 Å². The maximum Gasteiger partial charge on any atom is 0.320 e. The van der Waals surface area contributed by atoms with Crippen LogP contribution < -0.4 is 0 Å². The summed E-state index contributed by atoms with van der Waals surface area (Å²) in [6, 6.07) is 9.45. The summed E-state index contributed by atoms with van der Waals surface area (Å²) in [5, 5.41) is 12.6. The van der Waals surface area contributed by atoms with Crippen LogP contribution in [0.25, 0.3) is 10.8 Å². The maximum absolute atomic E-state index is 13.2. The smallest absolute Gasteiger partial charge is 0.320 e. The van der Waals surface area contributed by atoms with Gasteiger partial charge >= 0.3 is 6.03 Å². The first-order chi connectivity index (χ1) is 19.6. The quantitative estimate of drug-likeness (QED) is 0.507. The molecule has 0 unspecified atom stereocenters. The van der Waals surface area contributed by atoms with Gasteiger partial charge in [-0.25, -0.2) is 13.2 Å². The van der Waals surface area contributed by atoms with E-state index in [1.165, 1.54) is 17.0 Å². The van der Waals surface area contributed by atoms with Crippen molar-refractivity contribution in [2.45, 2.75) is 36.3 Å². The summed E-state index contributed by atoms with van der Waals surface area (Å²) in [6.45, 7) is 3.81. The number of rotatable bonds is 7. The number of carbonyl (C=O) groups is 3. The fourth-order valence-electron chi connectivity index (χ4n) is 5.74. The number of nitrogens with zero attached hydrogens (tertiary/aromatic N) is 4. The van der Waals surface area contributed by atoms with E-state index in [2.05, 4.69) is 0 Å². The molecule has 222 valence electrons. The Morgan fingerprint density at radius 3 is 2.37 bits per heavy atom. The molecule has 0 radical (unpaired) electrons. The number of morpholine rings is 1. The van der Waals surface area contributed by atoms with Crippen LogP contribution in [0.4, 0.5) is 4.79 Å². The van der Waals surface area contributed by atoms with E-state index >= 15 is 0 Å². The standard InChI is InChI=1S/C28H35ClN4O7S/c29-22-4-2-21-17-24(5-3-20(21)16-22)41(38,39)19-25(34)27(36)31-10-6-23(7-11-31)33-9-1-8-32(28(33)37)18-26(35)30-12-14-40-15-13-30/h2-5,16-17,23,25,34H,1,6-15,18-19H2/t25-/m1/s1. The lowest BCUT2D eigenvalue weighted by atomic mass is 10.0. The Balaban J connectivity index is 1.14. The monoisotopic (exact) mass is 606 g/mol. The number of ether oxygens (including phenoxy) is 1. The second kappa shape index (κ2) is 12.5. The van der Waals surface area contributed by atoms with Gasteiger partial charge in [-0.15, -0.1) is 0 Å². The van der Waals surface area contributed by atoms with Crippen LogP contribution in [0.1, 0.15) is 19.3 Å². The van der Waals surface area contributed by atoms with Crippen molar-refractivity contribution in [3.05, 3.63) is 41.4 Å². The normalized spacial score (nSPS) is 20.0. The molecule has 0 aliphatic carbocycles. The molecule has 2 aromatic carbocycles. The van der Waals surface area contributed by atoms with Crippen LogP contribution in [-0.4, -0.2) is 128 Å². The number of aliphatic hydroxyl groups is 1. The number of aliphatic hydroxyl groups excluding tert-OH is 1. The molecule has 1 N–H and O–H groups in total. The Hall–Kier alpha value is -2.93. The van der Waals surface area contributed by atoms with Crippen LogP contribution in [0.3, 0.4) is 0 Å². The van der Waals surface area contributed by atoms with Crippen molar-refractivity contribution in [3.8, 4) is 0 Å². The molecule has 41 heavy (non-hydrogen) atoms. The number of benzene rings is 2. The zero-order chi connectivity index (χ0) is 29.1. The molecule has 3 saturated heterocycles. The molecule has 13 heteroatoms. The van der Waals surface area contributed by atoms with Crippen LogP contribution in [0.2, 0.25) is 5.02 Å². The molecule has 5 rings (SSSR count). The third-order valence-corrected chi connectivity index (χ3v) is 10.0. The van der Waals surface area contributed by atoms with Crippen molar-refractivity contribution in [2.24, 2.45) is 0 Å². The van der Waals surface area contributed by atoms with E-state index < -0.39 is 27.6 Å². The minimum atomic E-state index is -3.93. The van der Waals surface area contributed by atoms with Crippen molar-refractivity contribution in [1.82, 2.24) is 19.6 Å². The predicted octanol–water partition coefficient (Wildman–Crippen LogP) is 1.61. The number of urea groups is 1. The Morgan fingerprint density at radius 2 is 1.63 bits per heavy atom. The van der Waals surface area contributed by atoms with Gasteiger partial charge in [0.15, 0.2) is 9.84 Å². The molecule has 3 fully saturated rings. The average Bonchev–Trinajstić information content (AvgIpc) is 2.98. The van der Waals surface area contributed by atoms with Crippen LogP contribution >= 0.6 is 11.6 Å². The maximum atomic E-state index is 13.2. The first-order valence-corrected chi connectivity index (χ1v) is 16.0. The summed E-state index contributed by atoms with van der Waals surface area (Å²) < 4.78 is 31.3. The van der Waals surface area contributed by atoms with Crippen LogP contribution in [-0.2, 0) is 24.2 Å². The summed E-state index contributed by atoms with van der Waals surface area (Å²) in [6.07, 6.45) is 0.0700. The van der Waals surface area contributed by atoms with Gasteiger partial charge in [0.05, 0.1) is 23.9 Å². The van der Waals surface area contributed by atoms with E-state index in [4.69, 9.17) is 16.3 Å². The number of piperidine rings is 1. The van der Waals surface area contributed by atoms with Crippen LogP contribution in [0.5, 0.6) is 0 Å². The van der Waals surface area contributed by atoms with Gasteiger partial charge in [0.1, 0.15) is 12.6 Å². The molecule has 0 aromatic heterocycles. The molecule has 3 heterocycles. The average molecular weight is 607 g/mol. The van der Waals surface area contributed by atoms with Gasteiger partial charge in [0.2, 0.25) is 5.91 Å². The molecule has 11 nitrogen and oxygen atoms in total. The summed E-state index contributed by atoms with van der Waals surface area (Å²) in [7, 11) is -3.93. The molecule has 4 amide bonds. The van der Waals surface area contributed by atoms with Gasteiger partial charge in [-0.1, -0.05) is 23.7 Å². The number of sulfone groups is 1. The van der Waals surface area contributed by atoms with Crippen molar-refractivity contribution < 1.29 is 32.6 Å². The largest absolute Gasteiger partial charge is 0.382 e. The van der Waals surface area contributed by atoms with E-state index in [1.807, 2.05) is 0 Å². The molecule has 3 aliphatic rings. The number of likely N-dealkylation sites (tertiary alicyclic amines) is 1. The first kappa shape index (κ1) is 29.6. The minimum Gasteiger partial charge on any atom is -0.382 e. The fraction of sp³-hybridized carbons (Fsp3) is 0.536. The molecular formula is C28H35ClN4O7S. The summed E-state index contributed by atoms with van der Waals surface area (Å²) in [5.41, 5.74) is 0. The topological polar surface area (TPSA) is 128 Å². The van der Waals surface area contributed by atoms with Crippen molar-refractivity contribution in [3.63, 3.8) is 0 Å². The Kier molecular flexibility index (Phi) is 9.03. The third-order valence-electron chi connectivity index (χ3n) is 8.05. The van der Waals surface area contributed by atoms with Gasteiger partial charge in [-0.2, -0.15) is 0 Å². The number of halogens is 1. The van der Waals surface area contributed by atoms with Crippen LogP contribution in [0, 0.1) is 0 Å². The van der Waals surface area contributed by atoms with E-state index in [0.717, 1.165) is 11.8 Å². The molecule has 0 saturated carbocycles. The molecule has 2 aromatic rings. The second-order valence-corrected chi connectivity index (χ2v) is 13.2. The lowest BCUT2D eigenvalue weighted by molar-refractivity contribution is -0.140. The Bertz CT molecular complexity index is 1410. The number of hydrogen-bond acceptors (Lipinski definition) is 7. The summed E-state index contributed by atoms with van der Waals surface area (Å²) >= 11 is 6.01. The minimum absolute atomic E-state index is 0.0261. The van der Waals surface area contributed by atoms with Gasteiger partial charge in [0.25, 0.3) is 5.91 Å². The van der Waals surface area contributed by atoms with E-state index in [0.29, 0.717) is 75.7 Å². The molecule has 0 bridgehead atoms. The highest BCUT2D eigenvalue weighted by molar-refractivity contribution is 7.91. The number of hydrogen-bond donors (Lipinski definition) is 1. The van der Waals surface area contributed by atoms with Gasteiger partial charge in [-0.05, 0) is 54.3 Å². The first-order valence-electron chi connectivity index (χ1n) is 13.9. The lowest BCUT2D eigenvalue weighted by Gasteiger charge is -2.43. The highest BCUT2D eigenvalue weighted by Crippen LogP contribution is 2.25. The highest BCUT2D eigenvalue weighted by atomic mass is 35.5. The molecular weight excluding hydrogens is 572 g/mol. The molecule has 1 atom stereocenters. The number of fused-ring (bicyclic) bond motifs is 1. The summed E-state index contributed by atoms with van der Waals surface area (Å²) in [5.74, 6) is -1.44. The van der Waals surface area contributed by atoms with Crippen molar-refractivity contribution >= 4 is 50.1 Å². The zero-order valence-corrected chi connectivity index (χ0v) is 24.4. The zero-order valence-electron chi connectivity index (χ0n) is 22.8. The Labute approximate surface area is 244 Å². The third kappa shape index (κ3) is 6.77. The van der Waals surface area contributed by atoms with Crippen molar-refractivity contribution in [2.75, 3.05) is 64.8 Å². The van der Waals surface area contributed by atoms with E-state index in [-0.39, 0.29) is 29.4 Å². The number of amides is 4. The molecule has 3 aliphatic heterocycles. The summed E-state index contributed by atoms with van der Waals surface area (Å²) in [4.78, 5) is 45.5. The van der Waals surface area contributed by atoms with Crippen LogP contribution in [0.15, 0.2) is 41.3 Å². The van der Waals surface area contributed by atoms with Gasteiger partial charge in [-0.3, -0.25) is 9.59 Å². The fourth-order valence-corrected chi connectivity index (χ4v) is 7.25. The lowest BCUT2D eigenvalue weighted by Crippen LogP contribution is -2.58. The highest BCUT2D eigenvalue weighted by Gasteiger charge is 2.37. The van der Waals surface area contributed by atoms with E-state index in [9.17, 15) is 27.9 Å². The van der Waals surface area contributed by atoms with Gasteiger partial charge in [0, 0.05) is 50.3 Å². The molecule has 0 spiro atoms. The van der Waals surface area contributed by atoms with Gasteiger partial charge < -0.3 is 29.4 Å². The number of carbonyl (C=O) groups excluding carboxylic acids is 3.